The van der Waals surface area contributed by atoms with E-state index in [0.29, 0.717) is 5.56 Å². The first-order valence-electron chi connectivity index (χ1n) is 5.37. The summed E-state index contributed by atoms with van der Waals surface area (Å²) in [7, 11) is 0. The van der Waals surface area contributed by atoms with E-state index in [2.05, 4.69) is 25.7 Å². The van der Waals surface area contributed by atoms with E-state index in [1.54, 1.807) is 12.1 Å². The van der Waals surface area contributed by atoms with Crippen LogP contribution in [0.1, 0.15) is 15.9 Å². The van der Waals surface area contributed by atoms with Crippen molar-refractivity contribution in [1.82, 2.24) is 4.98 Å². The first-order valence-corrected chi connectivity index (χ1v) is 6.16. The molecule has 0 N–H and O–H groups in total. The van der Waals surface area contributed by atoms with Crippen molar-refractivity contribution in [2.45, 2.75) is 6.36 Å². The van der Waals surface area contributed by atoms with Crippen LogP contribution in [0, 0.1) is 0 Å². The number of aromatic nitrogens is 1. The Hall–Kier alpha value is -1.89. The third-order valence-corrected chi connectivity index (χ3v) is 2.96. The molecule has 0 amide bonds. The first-order chi connectivity index (χ1) is 9.37. The van der Waals surface area contributed by atoms with E-state index in [1.807, 2.05) is 0 Å². The van der Waals surface area contributed by atoms with Crippen molar-refractivity contribution in [3.63, 3.8) is 0 Å². The van der Waals surface area contributed by atoms with E-state index < -0.39 is 12.1 Å². The molecule has 0 fully saturated rings. The van der Waals surface area contributed by atoms with Crippen LogP contribution in [-0.2, 0) is 0 Å². The van der Waals surface area contributed by atoms with Crippen LogP contribution < -0.4 is 4.74 Å². The number of hydrogen-bond acceptors (Lipinski definition) is 3. The summed E-state index contributed by atoms with van der Waals surface area (Å²) in [6.07, 6.45) is -1.87. The molecule has 1 aromatic carbocycles. The van der Waals surface area contributed by atoms with Crippen LogP contribution in [0.15, 0.2) is 47.2 Å². The zero-order chi connectivity index (χ0) is 14.8. The molecule has 7 heteroatoms. The third kappa shape index (κ3) is 3.57. The quantitative estimate of drug-likeness (QED) is 0.790. The molecule has 0 saturated heterocycles. The molecule has 0 spiro atoms. The first kappa shape index (κ1) is 14.5. The van der Waals surface area contributed by atoms with Crippen molar-refractivity contribution >= 4 is 21.7 Å². The van der Waals surface area contributed by atoms with Gasteiger partial charge < -0.3 is 4.74 Å². The zero-order valence-corrected chi connectivity index (χ0v) is 11.4. The van der Waals surface area contributed by atoms with Gasteiger partial charge in [-0.1, -0.05) is 0 Å². The van der Waals surface area contributed by atoms with Gasteiger partial charge in [-0.05, 0) is 46.3 Å². The number of ether oxygens (including phenoxy) is 1. The molecular formula is C13H7BrF3NO2. The van der Waals surface area contributed by atoms with Gasteiger partial charge in [0.15, 0.2) is 5.78 Å². The highest BCUT2D eigenvalue weighted by molar-refractivity contribution is 9.10. The number of benzene rings is 1. The molecule has 20 heavy (non-hydrogen) atoms. The maximum atomic E-state index is 12.1. The van der Waals surface area contributed by atoms with Crippen molar-refractivity contribution < 1.29 is 22.7 Å². The highest BCUT2D eigenvalue weighted by atomic mass is 79.9. The Morgan fingerprint density at radius 3 is 2.50 bits per heavy atom. The minimum Gasteiger partial charge on any atom is -0.405 e. The number of carbonyl (C=O) groups is 1. The summed E-state index contributed by atoms with van der Waals surface area (Å²) in [5, 5.41) is 0. The van der Waals surface area contributed by atoms with E-state index >= 15 is 0 Å². The number of carbonyl (C=O) groups excluding carboxylic acids is 1. The van der Waals surface area contributed by atoms with Gasteiger partial charge in [0.1, 0.15) is 5.75 Å². The smallest absolute Gasteiger partial charge is 0.405 e. The molecular weight excluding hydrogens is 339 g/mol. The lowest BCUT2D eigenvalue weighted by Gasteiger charge is -2.11. The highest BCUT2D eigenvalue weighted by Crippen LogP contribution is 2.31. The molecule has 0 unspecified atom stereocenters. The van der Waals surface area contributed by atoms with E-state index in [1.165, 1.54) is 24.5 Å². The Morgan fingerprint density at radius 1 is 1.20 bits per heavy atom. The standard InChI is InChI=1S/C13H7BrF3NO2/c14-10-6-8(3-4-11(10)20-13(15,16)17)12(19)9-2-1-5-18-7-9/h1-7H. The fourth-order valence-electron chi connectivity index (χ4n) is 1.51. The number of halogens is 4. The van der Waals surface area contributed by atoms with E-state index in [0.717, 1.165) is 6.07 Å². The summed E-state index contributed by atoms with van der Waals surface area (Å²) in [6.45, 7) is 0. The topological polar surface area (TPSA) is 39.2 Å². The summed E-state index contributed by atoms with van der Waals surface area (Å²) < 4.78 is 40.2. The second-order valence-electron chi connectivity index (χ2n) is 3.76. The molecule has 0 aliphatic rings. The van der Waals surface area contributed by atoms with Gasteiger partial charge in [-0.15, -0.1) is 13.2 Å². The summed E-state index contributed by atoms with van der Waals surface area (Å²) >= 11 is 2.95. The lowest BCUT2D eigenvalue weighted by molar-refractivity contribution is -0.274. The van der Waals surface area contributed by atoms with Gasteiger partial charge >= 0.3 is 6.36 Å². The second kappa shape index (κ2) is 5.62. The third-order valence-electron chi connectivity index (χ3n) is 2.34. The molecule has 0 atom stereocenters. The van der Waals surface area contributed by atoms with Crippen LogP contribution >= 0.6 is 15.9 Å². The number of nitrogens with zero attached hydrogens (tertiary/aromatic N) is 1. The predicted molar refractivity (Wildman–Crippen MR) is 68.5 cm³/mol. The van der Waals surface area contributed by atoms with Crippen molar-refractivity contribution in [2.24, 2.45) is 0 Å². The summed E-state index contributed by atoms with van der Waals surface area (Å²) in [6, 6.07) is 6.80. The minimum absolute atomic E-state index is 0.0459. The van der Waals surface area contributed by atoms with Gasteiger partial charge in [0.05, 0.1) is 4.47 Å². The lowest BCUT2D eigenvalue weighted by Crippen LogP contribution is -2.17. The van der Waals surface area contributed by atoms with Crippen molar-refractivity contribution in [3.8, 4) is 5.75 Å². The van der Waals surface area contributed by atoms with E-state index in [9.17, 15) is 18.0 Å². The summed E-state index contributed by atoms with van der Waals surface area (Å²) in [5.41, 5.74) is 0.586. The lowest BCUT2D eigenvalue weighted by atomic mass is 10.1. The number of alkyl halides is 3. The van der Waals surface area contributed by atoms with Gasteiger partial charge in [0, 0.05) is 23.5 Å². The average Bonchev–Trinajstić information content (AvgIpc) is 2.40. The van der Waals surface area contributed by atoms with Crippen LogP contribution in [0.4, 0.5) is 13.2 Å². The Morgan fingerprint density at radius 2 is 1.95 bits per heavy atom. The molecule has 0 aliphatic carbocycles. The molecule has 0 radical (unpaired) electrons. The largest absolute Gasteiger partial charge is 0.573 e. The molecule has 0 bridgehead atoms. The van der Waals surface area contributed by atoms with Gasteiger partial charge in [0.2, 0.25) is 0 Å². The normalized spacial score (nSPS) is 11.2. The minimum atomic E-state index is -4.78. The van der Waals surface area contributed by atoms with Crippen LogP contribution in [0.5, 0.6) is 5.75 Å². The van der Waals surface area contributed by atoms with Crippen LogP contribution in [0.2, 0.25) is 0 Å². The number of hydrogen-bond donors (Lipinski definition) is 0. The average molecular weight is 346 g/mol. The molecule has 2 aromatic rings. The Bertz CT molecular complexity index is 629. The summed E-state index contributed by atoms with van der Waals surface area (Å²) in [4.78, 5) is 15.9. The molecule has 3 nitrogen and oxygen atoms in total. The van der Waals surface area contributed by atoms with Crippen LogP contribution in [-0.4, -0.2) is 17.1 Å². The Kier molecular flexibility index (Phi) is 4.08. The zero-order valence-electron chi connectivity index (χ0n) is 9.82. The van der Waals surface area contributed by atoms with Crippen LogP contribution in [0.3, 0.4) is 0 Å². The van der Waals surface area contributed by atoms with Crippen molar-refractivity contribution in [3.05, 3.63) is 58.3 Å². The molecule has 0 saturated carbocycles. The highest BCUT2D eigenvalue weighted by Gasteiger charge is 2.32. The SMILES string of the molecule is O=C(c1cccnc1)c1ccc(OC(F)(F)F)c(Br)c1. The second-order valence-corrected chi connectivity index (χ2v) is 4.62. The molecule has 1 heterocycles. The number of pyridine rings is 1. The fraction of sp³-hybridized carbons (Fsp3) is 0.0769. The predicted octanol–water partition coefficient (Wildman–Crippen LogP) is 3.97. The van der Waals surface area contributed by atoms with Gasteiger partial charge in [-0.3, -0.25) is 9.78 Å². The van der Waals surface area contributed by atoms with Crippen molar-refractivity contribution in [2.75, 3.05) is 0 Å². The maximum Gasteiger partial charge on any atom is 0.573 e. The number of rotatable bonds is 3. The summed E-state index contributed by atoms with van der Waals surface area (Å²) in [5.74, 6) is -0.738. The molecule has 2 rings (SSSR count). The Labute approximate surface area is 120 Å². The van der Waals surface area contributed by atoms with E-state index in [4.69, 9.17) is 0 Å². The van der Waals surface area contributed by atoms with Gasteiger partial charge in [-0.2, -0.15) is 0 Å². The molecule has 1 aromatic heterocycles. The van der Waals surface area contributed by atoms with Gasteiger partial charge in [-0.25, -0.2) is 0 Å². The molecule has 0 aliphatic heterocycles. The van der Waals surface area contributed by atoms with Gasteiger partial charge in [0.25, 0.3) is 0 Å². The monoisotopic (exact) mass is 345 g/mol. The van der Waals surface area contributed by atoms with Crippen LogP contribution in [0.25, 0.3) is 0 Å². The number of ketones is 1. The van der Waals surface area contributed by atoms with Crippen molar-refractivity contribution in [1.29, 1.82) is 0 Å². The Balaban J connectivity index is 2.28. The van der Waals surface area contributed by atoms with E-state index in [-0.39, 0.29) is 15.8 Å². The maximum absolute atomic E-state index is 12.1. The fourth-order valence-corrected chi connectivity index (χ4v) is 1.97. The molecule has 104 valence electrons.